The van der Waals surface area contributed by atoms with Gasteiger partial charge in [-0.1, -0.05) is 26.7 Å². The largest absolute Gasteiger partial charge is 0.468 e. The highest BCUT2D eigenvalue weighted by atomic mass is 16.6. The summed E-state index contributed by atoms with van der Waals surface area (Å²) in [6.45, 7) is 4.79. The lowest BCUT2D eigenvalue weighted by molar-refractivity contribution is -0.154. The first-order valence-corrected chi connectivity index (χ1v) is 7.49. The van der Waals surface area contributed by atoms with E-state index < -0.39 is 0 Å². The van der Waals surface area contributed by atoms with Gasteiger partial charge in [0.1, 0.15) is 13.2 Å². The minimum absolute atomic E-state index is 0.105. The van der Waals surface area contributed by atoms with Crippen molar-refractivity contribution in [2.45, 2.75) is 52.4 Å². The Morgan fingerprint density at radius 1 is 1.00 bits per heavy atom. The van der Waals surface area contributed by atoms with Gasteiger partial charge in [0.25, 0.3) is 6.47 Å². The Bertz CT molecular complexity index is 303. The van der Waals surface area contributed by atoms with E-state index in [9.17, 15) is 14.4 Å². The van der Waals surface area contributed by atoms with Crippen molar-refractivity contribution in [2.75, 3.05) is 19.8 Å². The van der Waals surface area contributed by atoms with Gasteiger partial charge in [0, 0.05) is 6.42 Å². The molecule has 0 spiro atoms. The molecule has 122 valence electrons. The van der Waals surface area contributed by atoms with Crippen LogP contribution in [0.5, 0.6) is 0 Å². The molecule has 6 nitrogen and oxygen atoms in total. The summed E-state index contributed by atoms with van der Waals surface area (Å²) in [7, 11) is 0. The summed E-state index contributed by atoms with van der Waals surface area (Å²) in [6.07, 6.45) is 4.43. The average Bonchev–Trinajstić information content (AvgIpc) is 2.49. The van der Waals surface area contributed by atoms with Gasteiger partial charge in [-0.25, -0.2) is 0 Å². The number of rotatable bonds is 13. The molecule has 0 aliphatic heterocycles. The van der Waals surface area contributed by atoms with Crippen molar-refractivity contribution in [1.82, 2.24) is 0 Å². The lowest BCUT2D eigenvalue weighted by atomic mass is 10.1. The SMILES string of the molecule is CCC(C)C(=O)OCCOC(=O)CCCCCCOC=O. The Hall–Kier alpha value is -1.59. The van der Waals surface area contributed by atoms with Crippen molar-refractivity contribution < 1.29 is 28.6 Å². The second-order valence-corrected chi connectivity index (χ2v) is 4.83. The molecule has 0 aromatic heterocycles. The molecule has 0 aliphatic carbocycles. The first-order chi connectivity index (χ1) is 10.1. The van der Waals surface area contributed by atoms with E-state index in [1.165, 1.54) is 0 Å². The fourth-order valence-electron chi connectivity index (χ4n) is 1.54. The van der Waals surface area contributed by atoms with Crippen LogP contribution < -0.4 is 0 Å². The first kappa shape index (κ1) is 19.4. The Morgan fingerprint density at radius 2 is 1.67 bits per heavy atom. The third kappa shape index (κ3) is 11.9. The van der Waals surface area contributed by atoms with Crippen LogP contribution >= 0.6 is 0 Å². The lowest BCUT2D eigenvalue weighted by Crippen LogP contribution is -2.18. The summed E-state index contributed by atoms with van der Waals surface area (Å²) in [5.41, 5.74) is 0. The monoisotopic (exact) mass is 302 g/mol. The highest BCUT2D eigenvalue weighted by molar-refractivity contribution is 5.72. The molecule has 0 N–H and O–H groups in total. The second kappa shape index (κ2) is 13.4. The molecule has 0 aromatic rings. The molecule has 0 bridgehead atoms. The normalized spacial score (nSPS) is 11.5. The number of carbonyl (C=O) groups excluding carboxylic acids is 3. The fourth-order valence-corrected chi connectivity index (χ4v) is 1.54. The molecule has 0 fully saturated rings. The van der Waals surface area contributed by atoms with Gasteiger partial charge in [0.05, 0.1) is 12.5 Å². The highest BCUT2D eigenvalue weighted by Crippen LogP contribution is 2.05. The van der Waals surface area contributed by atoms with E-state index in [-0.39, 0.29) is 31.1 Å². The van der Waals surface area contributed by atoms with Gasteiger partial charge < -0.3 is 14.2 Å². The third-order valence-corrected chi connectivity index (χ3v) is 3.07. The van der Waals surface area contributed by atoms with Crippen LogP contribution in [0.4, 0.5) is 0 Å². The minimum atomic E-state index is -0.279. The average molecular weight is 302 g/mol. The van der Waals surface area contributed by atoms with E-state index in [2.05, 4.69) is 4.74 Å². The zero-order chi connectivity index (χ0) is 15.9. The molecule has 0 aliphatic rings. The summed E-state index contributed by atoms with van der Waals surface area (Å²) in [6, 6.07) is 0. The summed E-state index contributed by atoms with van der Waals surface area (Å²) >= 11 is 0. The molecule has 0 rings (SSSR count). The number of unbranched alkanes of at least 4 members (excludes halogenated alkanes) is 3. The molecular formula is C15H26O6. The molecule has 0 heterocycles. The van der Waals surface area contributed by atoms with Crippen LogP contribution in [0.2, 0.25) is 0 Å². The lowest BCUT2D eigenvalue weighted by Gasteiger charge is -2.09. The molecule has 6 heteroatoms. The predicted octanol–water partition coefficient (Wildman–Crippen LogP) is 2.24. The van der Waals surface area contributed by atoms with E-state index >= 15 is 0 Å². The quantitative estimate of drug-likeness (QED) is 0.225. The summed E-state index contributed by atoms with van der Waals surface area (Å²) < 4.78 is 14.5. The molecule has 0 aromatic carbocycles. The Morgan fingerprint density at radius 3 is 2.33 bits per heavy atom. The van der Waals surface area contributed by atoms with E-state index in [4.69, 9.17) is 9.47 Å². The van der Waals surface area contributed by atoms with Gasteiger partial charge in [-0.15, -0.1) is 0 Å². The van der Waals surface area contributed by atoms with Crippen LogP contribution in [0.15, 0.2) is 0 Å². The van der Waals surface area contributed by atoms with Crippen molar-refractivity contribution in [3.63, 3.8) is 0 Å². The molecule has 21 heavy (non-hydrogen) atoms. The topological polar surface area (TPSA) is 78.9 Å². The van der Waals surface area contributed by atoms with Crippen molar-refractivity contribution in [3.8, 4) is 0 Å². The summed E-state index contributed by atoms with van der Waals surface area (Å²) in [5, 5.41) is 0. The van der Waals surface area contributed by atoms with Gasteiger partial charge in [-0.2, -0.15) is 0 Å². The number of ether oxygens (including phenoxy) is 3. The van der Waals surface area contributed by atoms with Crippen LogP contribution in [0.25, 0.3) is 0 Å². The molecule has 0 radical (unpaired) electrons. The smallest absolute Gasteiger partial charge is 0.308 e. The van der Waals surface area contributed by atoms with E-state index in [1.807, 2.05) is 6.92 Å². The molecule has 0 saturated carbocycles. The van der Waals surface area contributed by atoms with Crippen molar-refractivity contribution in [3.05, 3.63) is 0 Å². The highest BCUT2D eigenvalue weighted by Gasteiger charge is 2.11. The van der Waals surface area contributed by atoms with E-state index in [0.29, 0.717) is 19.5 Å². The Labute approximate surface area is 126 Å². The molecule has 1 unspecified atom stereocenters. The fraction of sp³-hybridized carbons (Fsp3) is 0.800. The van der Waals surface area contributed by atoms with Gasteiger partial charge in [-0.3, -0.25) is 14.4 Å². The number of esters is 2. The number of carbonyl (C=O) groups is 3. The van der Waals surface area contributed by atoms with Crippen molar-refractivity contribution in [1.29, 1.82) is 0 Å². The molecule has 0 saturated heterocycles. The van der Waals surface area contributed by atoms with Crippen LogP contribution in [0, 0.1) is 5.92 Å². The maximum atomic E-state index is 11.4. The first-order valence-electron chi connectivity index (χ1n) is 7.49. The van der Waals surface area contributed by atoms with Crippen LogP contribution in [0.1, 0.15) is 52.4 Å². The van der Waals surface area contributed by atoms with E-state index in [0.717, 1.165) is 32.1 Å². The van der Waals surface area contributed by atoms with Gasteiger partial charge in [-0.05, 0) is 19.3 Å². The van der Waals surface area contributed by atoms with Crippen LogP contribution in [0.3, 0.4) is 0 Å². The van der Waals surface area contributed by atoms with Gasteiger partial charge in [0.2, 0.25) is 0 Å². The Balaban J connectivity index is 3.38. The number of hydrogen-bond donors (Lipinski definition) is 0. The summed E-state index contributed by atoms with van der Waals surface area (Å²) in [4.78, 5) is 32.6. The van der Waals surface area contributed by atoms with Gasteiger partial charge >= 0.3 is 11.9 Å². The second-order valence-electron chi connectivity index (χ2n) is 4.83. The molecule has 0 amide bonds. The maximum Gasteiger partial charge on any atom is 0.308 e. The summed E-state index contributed by atoms with van der Waals surface area (Å²) in [5.74, 6) is -0.659. The van der Waals surface area contributed by atoms with Crippen LogP contribution in [-0.4, -0.2) is 38.2 Å². The Kier molecular flexibility index (Phi) is 12.4. The molecular weight excluding hydrogens is 276 g/mol. The van der Waals surface area contributed by atoms with Crippen molar-refractivity contribution in [2.24, 2.45) is 5.92 Å². The minimum Gasteiger partial charge on any atom is -0.468 e. The zero-order valence-electron chi connectivity index (χ0n) is 13.0. The predicted molar refractivity (Wildman–Crippen MR) is 76.5 cm³/mol. The van der Waals surface area contributed by atoms with E-state index in [1.54, 1.807) is 6.92 Å². The molecule has 1 atom stereocenters. The van der Waals surface area contributed by atoms with Crippen molar-refractivity contribution >= 4 is 18.4 Å². The number of hydrogen-bond acceptors (Lipinski definition) is 6. The van der Waals surface area contributed by atoms with Crippen LogP contribution in [-0.2, 0) is 28.6 Å². The zero-order valence-corrected chi connectivity index (χ0v) is 13.0. The standard InChI is InChI=1S/C15H26O6/c1-3-13(2)15(18)21-11-10-20-14(17)8-6-4-5-7-9-19-12-16/h12-13H,3-11H2,1-2H3. The van der Waals surface area contributed by atoms with Gasteiger partial charge in [0.15, 0.2) is 0 Å². The third-order valence-electron chi connectivity index (χ3n) is 3.07. The maximum absolute atomic E-state index is 11.4.